The average molecular weight is 655 g/mol. The van der Waals surface area contributed by atoms with Crippen LogP contribution in [0.5, 0.6) is 0 Å². The van der Waals surface area contributed by atoms with E-state index in [0.717, 1.165) is 0 Å². The zero-order valence-corrected chi connectivity index (χ0v) is 28.0. The summed E-state index contributed by atoms with van der Waals surface area (Å²) < 4.78 is 16.5. The minimum Gasteiger partial charge on any atom is -0.550 e. The number of carbonyl (C=O) groups is 8. The summed E-state index contributed by atoms with van der Waals surface area (Å²) in [5.41, 5.74) is 0. The van der Waals surface area contributed by atoms with Gasteiger partial charge in [0, 0.05) is 49.6 Å². The monoisotopic (exact) mass is 655 g/mol. The maximum absolute atomic E-state index is 9.83. The summed E-state index contributed by atoms with van der Waals surface area (Å²) in [6.07, 6.45) is -1.83. The van der Waals surface area contributed by atoms with Crippen molar-refractivity contribution in [3.63, 3.8) is 0 Å². The summed E-state index contributed by atoms with van der Waals surface area (Å²) in [6, 6.07) is 0. The summed E-state index contributed by atoms with van der Waals surface area (Å²) in [7, 11) is 0. The molecule has 0 aliphatic carbocycles. The van der Waals surface area contributed by atoms with Crippen LogP contribution in [0.1, 0.15) is 94.9 Å². The van der Waals surface area contributed by atoms with Gasteiger partial charge in [0.1, 0.15) is 29.1 Å². The van der Waals surface area contributed by atoms with E-state index >= 15 is 0 Å². The van der Waals surface area contributed by atoms with Crippen molar-refractivity contribution in [3.8, 4) is 0 Å². The van der Waals surface area contributed by atoms with Gasteiger partial charge in [-0.25, -0.2) is 0 Å². The molecule has 0 saturated heterocycles. The van der Waals surface area contributed by atoms with Crippen LogP contribution in [-0.4, -0.2) is 71.3 Å². The Balaban J connectivity index is -0.000000103. The fourth-order valence-corrected chi connectivity index (χ4v) is 1.97. The summed E-state index contributed by atoms with van der Waals surface area (Å²) in [5, 5.41) is 37.9. The maximum atomic E-state index is 9.83. The molecule has 0 spiro atoms. The first-order valence-electron chi connectivity index (χ1n) is 12.4. The summed E-state index contributed by atoms with van der Waals surface area (Å²) in [4.78, 5) is 77.2. The van der Waals surface area contributed by atoms with Gasteiger partial charge in [0.05, 0.1) is 18.3 Å². The number of aliphatic carboxylic acids is 4. The molecule has 0 heterocycles. The summed E-state index contributed by atoms with van der Waals surface area (Å²) >= 11 is 0. The molecule has 0 aliphatic heterocycles. The molecule has 0 rings (SSSR count). The van der Waals surface area contributed by atoms with Crippen LogP contribution in [-0.2, 0) is 74.3 Å². The standard InChI is InChI=1S/C11H23O3.4C4H6O3.Ti/c1-8(2)12-11(7,13-9(3)4)14-10(5)6;4*1-3(5)2-4(6)7;/h8-10H,7H2,1-6H3;4*2H2,1H3,(H,6,7);/q-1;;;;;+4/p-4. The zero-order valence-electron chi connectivity index (χ0n) is 26.4. The quantitative estimate of drug-likeness (QED) is 0.0818. The minimum atomic E-state index is -1.31. The molecule has 0 unspecified atom stereocenters. The van der Waals surface area contributed by atoms with E-state index in [1.807, 2.05) is 41.5 Å². The van der Waals surface area contributed by atoms with Crippen molar-refractivity contribution < 1.29 is 94.7 Å². The van der Waals surface area contributed by atoms with E-state index in [0.29, 0.717) is 0 Å². The van der Waals surface area contributed by atoms with E-state index in [1.54, 1.807) is 0 Å². The van der Waals surface area contributed by atoms with Gasteiger partial charge in [0.15, 0.2) is 0 Å². The number of ether oxygens (including phenoxy) is 3. The number of hydrogen-bond acceptors (Lipinski definition) is 15. The normalized spacial score (nSPS) is 9.63. The molecular weight excluding hydrogens is 612 g/mol. The fraction of sp³-hybridized carbons (Fsp3) is 0.667. The van der Waals surface area contributed by atoms with E-state index in [9.17, 15) is 58.8 Å². The van der Waals surface area contributed by atoms with Crippen LogP contribution in [0.2, 0.25) is 0 Å². The molecule has 43 heavy (non-hydrogen) atoms. The van der Waals surface area contributed by atoms with Gasteiger partial charge in [-0.05, 0) is 69.2 Å². The Morgan fingerprint density at radius 1 is 0.488 bits per heavy atom. The van der Waals surface area contributed by atoms with Gasteiger partial charge in [-0.15, -0.1) is 0 Å². The third kappa shape index (κ3) is 68.2. The third-order valence-electron chi connectivity index (χ3n) is 2.82. The Morgan fingerprint density at radius 3 is 0.674 bits per heavy atom. The van der Waals surface area contributed by atoms with Gasteiger partial charge in [-0.1, -0.05) is 0 Å². The molecule has 0 radical (unpaired) electrons. The SMILES string of the molecule is CC(=O)CC(=O)[O-].CC(=O)CC(=O)[O-].CC(=O)CC(=O)[O-].CC(=O)CC(=O)[O-].[CH2-]C(OC(C)C)(OC(C)C)OC(C)C.[Ti+4]. The van der Waals surface area contributed by atoms with Gasteiger partial charge in [0.25, 0.3) is 0 Å². The maximum Gasteiger partial charge on any atom is 4.00 e. The molecule has 0 atom stereocenters. The Bertz CT molecular complexity index is 686. The molecule has 246 valence electrons. The van der Waals surface area contributed by atoms with Crippen molar-refractivity contribution in [1.82, 2.24) is 0 Å². The molecule has 0 aromatic rings. The van der Waals surface area contributed by atoms with Gasteiger partial charge < -0.3 is 53.8 Å². The number of carboxylic acids is 4. The van der Waals surface area contributed by atoms with Gasteiger partial charge in [-0.2, -0.15) is 0 Å². The van der Waals surface area contributed by atoms with Crippen LogP contribution >= 0.6 is 0 Å². The molecule has 0 bridgehead atoms. The minimum absolute atomic E-state index is 0. The van der Waals surface area contributed by atoms with Crippen molar-refractivity contribution in [2.75, 3.05) is 0 Å². The van der Waals surface area contributed by atoms with Crippen LogP contribution in [0.4, 0.5) is 0 Å². The second kappa shape index (κ2) is 30.6. The van der Waals surface area contributed by atoms with Crippen LogP contribution in [0, 0.1) is 6.92 Å². The molecule has 0 saturated carbocycles. The molecule has 16 heteroatoms. The molecule has 15 nitrogen and oxygen atoms in total. The van der Waals surface area contributed by atoms with Gasteiger partial charge in [0.2, 0.25) is 0 Å². The molecule has 0 amide bonds. The van der Waals surface area contributed by atoms with Gasteiger partial charge >= 0.3 is 21.7 Å². The summed E-state index contributed by atoms with van der Waals surface area (Å²) in [6.45, 7) is 20.2. The largest absolute Gasteiger partial charge is 4.00 e. The van der Waals surface area contributed by atoms with E-state index in [1.165, 1.54) is 27.7 Å². The second-order valence-corrected chi connectivity index (χ2v) is 9.19. The summed E-state index contributed by atoms with van der Waals surface area (Å²) in [5.74, 6) is -7.93. The van der Waals surface area contributed by atoms with Crippen molar-refractivity contribution in [2.24, 2.45) is 0 Å². The molecule has 0 aliphatic rings. The predicted octanol–water partition coefficient (Wildman–Crippen LogP) is -2.39. The molecule has 0 fully saturated rings. The molecule has 0 N–H and O–H groups in total. The van der Waals surface area contributed by atoms with Crippen LogP contribution in [0.25, 0.3) is 0 Å². The molecule has 0 aromatic carbocycles. The second-order valence-electron chi connectivity index (χ2n) is 9.19. The third-order valence-corrected chi connectivity index (χ3v) is 2.82. The van der Waals surface area contributed by atoms with Crippen LogP contribution in [0.15, 0.2) is 0 Å². The number of carboxylic acid groups (broad SMARTS) is 4. The Kier molecular flexibility index (Phi) is 37.6. The first kappa shape index (κ1) is 52.8. The number of hydrogen-bond donors (Lipinski definition) is 0. The van der Waals surface area contributed by atoms with Crippen LogP contribution in [0.3, 0.4) is 0 Å². The van der Waals surface area contributed by atoms with Crippen molar-refractivity contribution in [2.45, 2.75) is 119 Å². The number of Topliss-reactive ketones (excluding diaryl/α,β-unsaturated/α-hetero) is 4. The molecule has 0 aromatic heterocycles. The predicted molar refractivity (Wildman–Crippen MR) is 138 cm³/mol. The first-order valence-corrected chi connectivity index (χ1v) is 12.4. The van der Waals surface area contributed by atoms with Crippen molar-refractivity contribution in [3.05, 3.63) is 6.92 Å². The average Bonchev–Trinajstić information content (AvgIpc) is 2.62. The van der Waals surface area contributed by atoms with E-state index < -0.39 is 55.5 Å². The van der Waals surface area contributed by atoms with E-state index in [-0.39, 0.29) is 63.2 Å². The van der Waals surface area contributed by atoms with Crippen molar-refractivity contribution >= 4 is 47.0 Å². The van der Waals surface area contributed by atoms with E-state index in [4.69, 9.17) is 14.2 Å². The number of ketones is 4. The topological polar surface area (TPSA) is 256 Å². The van der Waals surface area contributed by atoms with E-state index in [2.05, 4.69) is 6.92 Å². The number of rotatable bonds is 14. The zero-order chi connectivity index (χ0) is 34.8. The van der Waals surface area contributed by atoms with Gasteiger partial charge in [-0.3, -0.25) is 26.1 Å². The number of carbonyl (C=O) groups excluding carboxylic acids is 8. The fourth-order valence-electron chi connectivity index (χ4n) is 1.97. The first-order chi connectivity index (χ1) is 18.8. The Morgan fingerprint density at radius 2 is 0.628 bits per heavy atom. The Hall–Kier alpha value is -2.85. The molecular formula is C27H43O15Ti-. The van der Waals surface area contributed by atoms with Crippen molar-refractivity contribution in [1.29, 1.82) is 0 Å². The van der Waals surface area contributed by atoms with Crippen LogP contribution < -0.4 is 20.4 Å². The smallest absolute Gasteiger partial charge is 0.550 e. The Labute approximate surface area is 267 Å².